The molecule has 0 aromatic heterocycles. The maximum Gasteiger partial charge on any atom is 0.409 e. The number of amides is 2. The smallest absolute Gasteiger partial charge is 0.409 e. The fourth-order valence-electron chi connectivity index (χ4n) is 5.05. The minimum absolute atomic E-state index is 0.0373. The van der Waals surface area contributed by atoms with Gasteiger partial charge in [-0.3, -0.25) is 19.9 Å². The lowest BCUT2D eigenvalue weighted by Crippen LogP contribution is -2.47. The van der Waals surface area contributed by atoms with Gasteiger partial charge in [-0.1, -0.05) is 54.6 Å². The van der Waals surface area contributed by atoms with Crippen molar-refractivity contribution in [2.45, 2.75) is 26.4 Å². The van der Waals surface area contributed by atoms with E-state index in [0.717, 1.165) is 43.9 Å². The monoisotopic (exact) mass is 500 g/mol. The lowest BCUT2D eigenvalue weighted by molar-refractivity contribution is 0.0772. The van der Waals surface area contributed by atoms with Crippen LogP contribution in [0.2, 0.25) is 0 Å². The van der Waals surface area contributed by atoms with Crippen LogP contribution in [-0.2, 0) is 6.54 Å². The quantitative estimate of drug-likeness (QED) is 0.424. The van der Waals surface area contributed by atoms with Crippen molar-refractivity contribution >= 4 is 17.7 Å². The molecule has 1 atom stereocenters. The number of benzene rings is 3. The molecule has 1 aliphatic rings. The second kappa shape index (κ2) is 12.5. The van der Waals surface area contributed by atoms with Crippen molar-refractivity contribution in [2.24, 2.45) is 0 Å². The molecule has 4 rings (SSSR count). The first kappa shape index (κ1) is 26.4. The average molecular weight is 501 g/mol. The molecule has 1 unspecified atom stereocenters. The summed E-state index contributed by atoms with van der Waals surface area (Å²) >= 11 is 0. The van der Waals surface area contributed by atoms with Crippen LogP contribution >= 0.6 is 0 Å². The van der Waals surface area contributed by atoms with E-state index < -0.39 is 6.09 Å². The van der Waals surface area contributed by atoms with E-state index in [1.165, 1.54) is 5.56 Å². The highest BCUT2D eigenvalue weighted by Crippen LogP contribution is 2.32. The molecule has 2 amide bonds. The standard InChI is InChI=1S/C30H36N4O3/c1-3-33(4-2)29(35)25-15-13-24(14-16-25)28(26-11-8-12-27(21-26)31-30(36)37)34-19-17-32(18-20-34)22-23-9-6-5-7-10-23/h5-16,21,28,31H,3-4,17-20,22H2,1-2H3,(H,36,37). The van der Waals surface area contributed by atoms with E-state index >= 15 is 0 Å². The molecular weight excluding hydrogens is 464 g/mol. The van der Waals surface area contributed by atoms with Crippen LogP contribution in [0, 0.1) is 0 Å². The lowest BCUT2D eigenvalue weighted by atomic mass is 9.94. The van der Waals surface area contributed by atoms with Gasteiger partial charge in [0.25, 0.3) is 5.91 Å². The Morgan fingerprint density at radius 1 is 0.865 bits per heavy atom. The van der Waals surface area contributed by atoms with E-state index in [2.05, 4.69) is 39.4 Å². The van der Waals surface area contributed by atoms with Crippen molar-refractivity contribution in [3.63, 3.8) is 0 Å². The van der Waals surface area contributed by atoms with Crippen molar-refractivity contribution < 1.29 is 14.7 Å². The Morgan fingerprint density at radius 2 is 1.54 bits per heavy atom. The topological polar surface area (TPSA) is 76.1 Å². The molecular formula is C30H36N4O3. The molecule has 3 aromatic rings. The molecule has 0 bridgehead atoms. The molecule has 194 valence electrons. The molecule has 1 saturated heterocycles. The molecule has 7 heteroatoms. The number of carbonyl (C=O) groups excluding carboxylic acids is 1. The van der Waals surface area contributed by atoms with Gasteiger partial charge in [0.15, 0.2) is 0 Å². The van der Waals surface area contributed by atoms with Crippen molar-refractivity contribution in [1.29, 1.82) is 0 Å². The minimum atomic E-state index is -1.08. The molecule has 2 N–H and O–H groups in total. The van der Waals surface area contributed by atoms with Crippen LogP contribution in [0.15, 0.2) is 78.9 Å². The number of anilines is 1. The SMILES string of the molecule is CCN(CC)C(=O)c1ccc(C(c2cccc(NC(=O)O)c2)N2CCN(Cc3ccccc3)CC2)cc1. The number of hydrogen-bond donors (Lipinski definition) is 2. The van der Waals surface area contributed by atoms with Crippen LogP contribution in [0.1, 0.15) is 46.9 Å². The number of piperazine rings is 1. The summed E-state index contributed by atoms with van der Waals surface area (Å²) in [5.41, 5.74) is 4.64. The summed E-state index contributed by atoms with van der Waals surface area (Å²) < 4.78 is 0. The van der Waals surface area contributed by atoms with E-state index in [9.17, 15) is 14.7 Å². The first-order valence-electron chi connectivity index (χ1n) is 13.0. The van der Waals surface area contributed by atoms with Crippen molar-refractivity contribution in [3.05, 3.63) is 101 Å². The third-order valence-electron chi connectivity index (χ3n) is 7.00. The third-order valence-corrected chi connectivity index (χ3v) is 7.00. The van der Waals surface area contributed by atoms with Gasteiger partial charge < -0.3 is 10.0 Å². The van der Waals surface area contributed by atoms with E-state index in [1.54, 1.807) is 6.07 Å². The third kappa shape index (κ3) is 6.76. The van der Waals surface area contributed by atoms with Gasteiger partial charge in [-0.25, -0.2) is 4.79 Å². The van der Waals surface area contributed by atoms with Gasteiger partial charge in [-0.15, -0.1) is 0 Å². The van der Waals surface area contributed by atoms with Crippen molar-refractivity contribution in [3.8, 4) is 0 Å². The molecule has 0 radical (unpaired) electrons. The number of rotatable bonds is 9. The maximum atomic E-state index is 12.8. The molecule has 0 spiro atoms. The summed E-state index contributed by atoms with van der Waals surface area (Å²) in [6.07, 6.45) is -1.08. The molecule has 1 heterocycles. The van der Waals surface area contributed by atoms with Gasteiger partial charge in [0.2, 0.25) is 0 Å². The van der Waals surface area contributed by atoms with Crippen molar-refractivity contribution in [2.75, 3.05) is 44.6 Å². The molecule has 1 fully saturated rings. The van der Waals surface area contributed by atoms with Gasteiger partial charge in [0.05, 0.1) is 6.04 Å². The van der Waals surface area contributed by atoms with Crippen LogP contribution < -0.4 is 5.32 Å². The highest BCUT2D eigenvalue weighted by atomic mass is 16.4. The molecule has 1 aliphatic heterocycles. The number of nitrogens with one attached hydrogen (secondary N) is 1. The van der Waals surface area contributed by atoms with E-state index in [-0.39, 0.29) is 11.9 Å². The Balaban J connectivity index is 1.57. The Hall–Kier alpha value is -3.68. The van der Waals surface area contributed by atoms with E-state index in [4.69, 9.17) is 0 Å². The fourth-order valence-corrected chi connectivity index (χ4v) is 5.05. The Kier molecular flexibility index (Phi) is 8.93. The highest BCUT2D eigenvalue weighted by molar-refractivity contribution is 5.94. The lowest BCUT2D eigenvalue weighted by Gasteiger charge is -2.40. The second-order valence-electron chi connectivity index (χ2n) is 9.36. The number of hydrogen-bond acceptors (Lipinski definition) is 4. The zero-order chi connectivity index (χ0) is 26.2. The fraction of sp³-hybridized carbons (Fsp3) is 0.333. The van der Waals surface area contributed by atoms with Gasteiger partial charge in [-0.05, 0) is 54.8 Å². The van der Waals surface area contributed by atoms with Gasteiger partial charge >= 0.3 is 6.09 Å². The van der Waals surface area contributed by atoms with Gasteiger partial charge in [-0.2, -0.15) is 0 Å². The van der Waals surface area contributed by atoms with Crippen molar-refractivity contribution in [1.82, 2.24) is 14.7 Å². The van der Waals surface area contributed by atoms with Crippen LogP contribution in [0.4, 0.5) is 10.5 Å². The van der Waals surface area contributed by atoms with Crippen LogP contribution in [0.3, 0.4) is 0 Å². The number of nitrogens with zero attached hydrogens (tertiary/aromatic N) is 3. The molecule has 0 aliphatic carbocycles. The summed E-state index contributed by atoms with van der Waals surface area (Å²) in [7, 11) is 0. The van der Waals surface area contributed by atoms with Crippen LogP contribution in [0.5, 0.6) is 0 Å². The van der Waals surface area contributed by atoms with Crippen LogP contribution in [0.25, 0.3) is 0 Å². The highest BCUT2D eigenvalue weighted by Gasteiger charge is 2.27. The summed E-state index contributed by atoms with van der Waals surface area (Å²) in [5.74, 6) is 0.0373. The zero-order valence-corrected chi connectivity index (χ0v) is 21.6. The Labute approximate surface area is 219 Å². The number of carbonyl (C=O) groups is 2. The predicted molar refractivity (Wildman–Crippen MR) is 147 cm³/mol. The first-order chi connectivity index (χ1) is 18.0. The molecule has 37 heavy (non-hydrogen) atoms. The maximum absolute atomic E-state index is 12.8. The Bertz CT molecular complexity index is 1170. The molecule has 0 saturated carbocycles. The minimum Gasteiger partial charge on any atom is -0.465 e. The molecule has 7 nitrogen and oxygen atoms in total. The predicted octanol–water partition coefficient (Wildman–Crippen LogP) is 5.17. The zero-order valence-electron chi connectivity index (χ0n) is 21.6. The summed E-state index contributed by atoms with van der Waals surface area (Å²) in [6, 6.07) is 26.0. The Morgan fingerprint density at radius 3 is 2.16 bits per heavy atom. The molecule has 3 aromatic carbocycles. The summed E-state index contributed by atoms with van der Waals surface area (Å²) in [6.45, 7) is 9.91. The largest absolute Gasteiger partial charge is 0.465 e. The first-order valence-corrected chi connectivity index (χ1v) is 13.0. The average Bonchev–Trinajstić information content (AvgIpc) is 2.91. The van der Waals surface area contributed by atoms with E-state index in [1.807, 2.05) is 67.3 Å². The van der Waals surface area contributed by atoms with Gasteiger partial charge in [0, 0.05) is 57.1 Å². The van der Waals surface area contributed by atoms with E-state index in [0.29, 0.717) is 24.3 Å². The summed E-state index contributed by atoms with van der Waals surface area (Å²) in [5, 5.41) is 11.7. The number of carboxylic acid groups (broad SMARTS) is 1. The van der Waals surface area contributed by atoms with Gasteiger partial charge in [0.1, 0.15) is 0 Å². The summed E-state index contributed by atoms with van der Waals surface area (Å²) in [4.78, 5) is 30.8. The second-order valence-corrected chi connectivity index (χ2v) is 9.36. The van der Waals surface area contributed by atoms with Crippen LogP contribution in [-0.4, -0.2) is 71.1 Å². The normalized spacial score (nSPS) is 15.2.